The first-order valence-electron chi connectivity index (χ1n) is 11.0. The molecule has 0 bridgehead atoms. The summed E-state index contributed by atoms with van der Waals surface area (Å²) in [5.41, 5.74) is 4.33. The van der Waals surface area contributed by atoms with Crippen LogP contribution in [0.5, 0.6) is 0 Å². The second-order valence-corrected chi connectivity index (χ2v) is 12.5. The Bertz CT molecular complexity index is 969. The first-order valence-corrected chi connectivity index (χ1v) is 12.6. The standard InChI is InChI=1S/C26H33NO2S/c1-26(2,3)30(28,29)19-23-8-6-20(7-9-23)4-5-21-10-14-24(15-11-21)25-16-12-22(18-27)13-17-25/h10-17,20,23H,4-9,19H2,1-3H3. The molecule has 160 valence electrons. The number of benzene rings is 2. The van der Waals surface area contributed by atoms with Gasteiger partial charge in [0.1, 0.15) is 0 Å². The molecule has 0 spiro atoms. The van der Waals surface area contributed by atoms with Crippen LogP contribution < -0.4 is 0 Å². The van der Waals surface area contributed by atoms with Crippen molar-refractivity contribution >= 4 is 9.84 Å². The van der Waals surface area contributed by atoms with Crippen LogP contribution in [0.1, 0.15) is 64.0 Å². The molecule has 1 saturated carbocycles. The zero-order chi connectivity index (χ0) is 21.8. The molecule has 3 nitrogen and oxygen atoms in total. The van der Waals surface area contributed by atoms with Crippen LogP contribution in [-0.2, 0) is 16.3 Å². The molecule has 1 fully saturated rings. The van der Waals surface area contributed by atoms with E-state index >= 15 is 0 Å². The monoisotopic (exact) mass is 423 g/mol. The topological polar surface area (TPSA) is 57.9 Å². The molecule has 0 atom stereocenters. The van der Waals surface area contributed by atoms with Crippen molar-refractivity contribution in [3.05, 3.63) is 59.7 Å². The minimum absolute atomic E-state index is 0.331. The van der Waals surface area contributed by atoms with E-state index in [2.05, 4.69) is 30.3 Å². The van der Waals surface area contributed by atoms with Crippen LogP contribution in [-0.4, -0.2) is 18.9 Å². The highest BCUT2D eigenvalue weighted by molar-refractivity contribution is 7.92. The smallest absolute Gasteiger partial charge is 0.155 e. The zero-order valence-corrected chi connectivity index (χ0v) is 19.2. The summed E-state index contributed by atoms with van der Waals surface area (Å²) in [7, 11) is -3.02. The molecule has 1 aliphatic rings. The molecule has 2 aromatic carbocycles. The molecule has 30 heavy (non-hydrogen) atoms. The molecule has 0 aromatic heterocycles. The summed E-state index contributed by atoms with van der Waals surface area (Å²) in [6, 6.07) is 18.6. The summed E-state index contributed by atoms with van der Waals surface area (Å²) >= 11 is 0. The zero-order valence-electron chi connectivity index (χ0n) is 18.4. The van der Waals surface area contributed by atoms with Gasteiger partial charge in [-0.05, 0) is 87.1 Å². The van der Waals surface area contributed by atoms with Crippen LogP contribution >= 0.6 is 0 Å². The van der Waals surface area contributed by atoms with E-state index in [1.54, 1.807) is 20.8 Å². The van der Waals surface area contributed by atoms with Crippen molar-refractivity contribution in [2.45, 2.75) is 64.0 Å². The van der Waals surface area contributed by atoms with Crippen molar-refractivity contribution in [2.75, 3.05) is 5.75 Å². The quantitative estimate of drug-likeness (QED) is 0.557. The van der Waals surface area contributed by atoms with Gasteiger partial charge in [-0.15, -0.1) is 0 Å². The SMILES string of the molecule is CC(C)(C)S(=O)(=O)CC1CCC(CCc2ccc(-c3ccc(C#N)cc3)cc2)CC1. The summed E-state index contributed by atoms with van der Waals surface area (Å²) in [6.45, 7) is 5.42. The van der Waals surface area contributed by atoms with E-state index in [0.29, 0.717) is 23.2 Å². The predicted octanol–water partition coefficient (Wildman–Crippen LogP) is 6.18. The fourth-order valence-electron chi connectivity index (χ4n) is 4.22. The van der Waals surface area contributed by atoms with Crippen LogP contribution in [0.25, 0.3) is 11.1 Å². The number of aryl methyl sites for hydroxylation is 1. The fourth-order valence-corrected chi connectivity index (χ4v) is 5.67. The van der Waals surface area contributed by atoms with Gasteiger partial charge < -0.3 is 0 Å². The molecule has 0 unspecified atom stereocenters. The van der Waals surface area contributed by atoms with Gasteiger partial charge in [0.25, 0.3) is 0 Å². The maximum atomic E-state index is 12.5. The molecule has 0 aliphatic heterocycles. The van der Waals surface area contributed by atoms with Crippen molar-refractivity contribution in [2.24, 2.45) is 11.8 Å². The van der Waals surface area contributed by atoms with E-state index in [1.165, 1.54) is 17.5 Å². The second kappa shape index (κ2) is 9.35. The molecular formula is C26H33NO2S. The van der Waals surface area contributed by atoms with E-state index < -0.39 is 14.6 Å². The Morgan fingerprint density at radius 1 is 0.867 bits per heavy atom. The van der Waals surface area contributed by atoms with Crippen LogP contribution in [0.15, 0.2) is 48.5 Å². The Kier molecular flexibility index (Phi) is 7.03. The van der Waals surface area contributed by atoms with Crippen LogP contribution in [0.4, 0.5) is 0 Å². The lowest BCUT2D eigenvalue weighted by Crippen LogP contribution is -2.34. The molecule has 0 saturated heterocycles. The normalized spacial score (nSPS) is 19.9. The van der Waals surface area contributed by atoms with Crippen LogP contribution in [0.2, 0.25) is 0 Å². The fraction of sp³-hybridized carbons (Fsp3) is 0.500. The van der Waals surface area contributed by atoms with Crippen molar-refractivity contribution < 1.29 is 8.42 Å². The van der Waals surface area contributed by atoms with Gasteiger partial charge in [-0.1, -0.05) is 49.2 Å². The van der Waals surface area contributed by atoms with Gasteiger partial charge in [-0.25, -0.2) is 8.42 Å². The molecule has 0 radical (unpaired) electrons. The van der Waals surface area contributed by atoms with Crippen molar-refractivity contribution in [1.82, 2.24) is 0 Å². The lowest BCUT2D eigenvalue weighted by molar-refractivity contribution is 0.278. The number of nitriles is 1. The number of sulfone groups is 1. The van der Waals surface area contributed by atoms with Crippen molar-refractivity contribution in [3.63, 3.8) is 0 Å². The third-order valence-electron chi connectivity index (χ3n) is 6.50. The molecule has 2 aromatic rings. The first-order chi connectivity index (χ1) is 14.2. The van der Waals surface area contributed by atoms with E-state index in [9.17, 15) is 8.42 Å². The number of rotatable bonds is 6. The molecule has 3 rings (SSSR count). The summed E-state index contributed by atoms with van der Waals surface area (Å²) < 4.78 is 24.3. The van der Waals surface area contributed by atoms with Gasteiger partial charge in [-0.3, -0.25) is 0 Å². The number of hydrogen-bond acceptors (Lipinski definition) is 3. The van der Waals surface area contributed by atoms with Gasteiger partial charge in [0.05, 0.1) is 22.1 Å². The summed E-state index contributed by atoms with van der Waals surface area (Å²) in [5.74, 6) is 1.38. The van der Waals surface area contributed by atoms with Crippen molar-refractivity contribution in [1.29, 1.82) is 5.26 Å². The molecular weight excluding hydrogens is 390 g/mol. The third-order valence-corrected chi connectivity index (χ3v) is 9.27. The Morgan fingerprint density at radius 3 is 1.87 bits per heavy atom. The maximum absolute atomic E-state index is 12.5. The third kappa shape index (κ3) is 5.73. The molecule has 1 aliphatic carbocycles. The van der Waals surface area contributed by atoms with Crippen molar-refractivity contribution in [3.8, 4) is 17.2 Å². The lowest BCUT2D eigenvalue weighted by atomic mass is 9.80. The van der Waals surface area contributed by atoms with Gasteiger partial charge >= 0.3 is 0 Å². The summed E-state index contributed by atoms with van der Waals surface area (Å²) in [4.78, 5) is 0. The van der Waals surface area contributed by atoms with Gasteiger partial charge in [-0.2, -0.15) is 5.26 Å². The number of nitrogens with zero attached hydrogens (tertiary/aromatic N) is 1. The average molecular weight is 424 g/mol. The van der Waals surface area contributed by atoms with Gasteiger partial charge in [0, 0.05) is 0 Å². The van der Waals surface area contributed by atoms with Crippen LogP contribution in [0, 0.1) is 23.2 Å². The Balaban J connectivity index is 1.47. The summed E-state index contributed by atoms with van der Waals surface area (Å²) in [5, 5.41) is 8.92. The highest BCUT2D eigenvalue weighted by atomic mass is 32.2. The van der Waals surface area contributed by atoms with E-state index in [4.69, 9.17) is 5.26 Å². The minimum Gasteiger partial charge on any atom is -0.228 e. The second-order valence-electron chi connectivity index (χ2n) is 9.71. The largest absolute Gasteiger partial charge is 0.228 e. The first kappa shape index (κ1) is 22.6. The maximum Gasteiger partial charge on any atom is 0.155 e. The van der Waals surface area contributed by atoms with Gasteiger partial charge in [0.2, 0.25) is 0 Å². The van der Waals surface area contributed by atoms with Gasteiger partial charge in [0.15, 0.2) is 9.84 Å². The van der Waals surface area contributed by atoms with E-state index in [-0.39, 0.29) is 0 Å². The lowest BCUT2D eigenvalue weighted by Gasteiger charge is -2.30. The highest BCUT2D eigenvalue weighted by Gasteiger charge is 2.33. The van der Waals surface area contributed by atoms with E-state index in [1.807, 2.05) is 24.3 Å². The summed E-state index contributed by atoms with van der Waals surface area (Å²) in [6.07, 6.45) is 6.62. The molecule has 0 heterocycles. The highest BCUT2D eigenvalue weighted by Crippen LogP contribution is 2.34. The molecule has 0 amide bonds. The Hall–Kier alpha value is -2.12. The Morgan fingerprint density at radius 2 is 1.37 bits per heavy atom. The van der Waals surface area contributed by atoms with E-state index in [0.717, 1.165) is 37.7 Å². The number of hydrogen-bond donors (Lipinski definition) is 0. The van der Waals surface area contributed by atoms with Crippen LogP contribution in [0.3, 0.4) is 0 Å². The average Bonchev–Trinajstić information content (AvgIpc) is 2.73. The molecule has 0 N–H and O–H groups in total. The molecule has 4 heteroatoms. The minimum atomic E-state index is -3.02. The Labute approximate surface area is 182 Å². The predicted molar refractivity (Wildman–Crippen MR) is 124 cm³/mol.